The molecule has 2 aliphatic rings. The third-order valence-electron chi connectivity index (χ3n) is 7.95. The van der Waals surface area contributed by atoms with Crippen molar-refractivity contribution in [2.24, 2.45) is 5.16 Å². The van der Waals surface area contributed by atoms with E-state index in [4.69, 9.17) is 15.3 Å². The predicted molar refractivity (Wildman–Crippen MR) is 185 cm³/mol. The number of esters is 1. The van der Waals surface area contributed by atoms with Crippen LogP contribution in [0.2, 0.25) is 0 Å². The van der Waals surface area contributed by atoms with Crippen molar-refractivity contribution in [1.82, 2.24) is 15.2 Å². The number of hydrogen-bond acceptors (Lipinski definition) is 11. The second kappa shape index (κ2) is 14.5. The summed E-state index contributed by atoms with van der Waals surface area (Å²) in [5.41, 5.74) is 5.87. The van der Waals surface area contributed by atoms with Crippen LogP contribution in [0.3, 0.4) is 0 Å². The molecule has 15 heteroatoms. The molecular formula is C35H33N6O7S2+. The largest absolute Gasteiger partial charge is 0.477 e. The van der Waals surface area contributed by atoms with Gasteiger partial charge in [0.15, 0.2) is 35.9 Å². The molecule has 0 spiro atoms. The van der Waals surface area contributed by atoms with Gasteiger partial charge < -0.3 is 25.7 Å². The van der Waals surface area contributed by atoms with Crippen LogP contribution in [0.1, 0.15) is 36.8 Å². The molecule has 6 rings (SSSR count). The Morgan fingerprint density at radius 3 is 2.26 bits per heavy atom. The van der Waals surface area contributed by atoms with Crippen molar-refractivity contribution in [3.05, 3.63) is 125 Å². The molecule has 0 unspecified atom stereocenters. The lowest BCUT2D eigenvalue weighted by molar-refractivity contribution is -0.689. The number of oxime groups is 1. The van der Waals surface area contributed by atoms with Gasteiger partial charge in [0.25, 0.3) is 11.8 Å². The van der Waals surface area contributed by atoms with Crippen LogP contribution in [0.4, 0.5) is 5.13 Å². The summed E-state index contributed by atoms with van der Waals surface area (Å²) < 4.78 is 7.78. The molecule has 0 saturated carbocycles. The number of hydrogen-bond donors (Lipinski definition) is 3. The number of amides is 2. The van der Waals surface area contributed by atoms with Crippen LogP contribution >= 0.6 is 23.1 Å². The second-order valence-electron chi connectivity index (χ2n) is 11.9. The van der Waals surface area contributed by atoms with Crippen molar-refractivity contribution in [2.45, 2.75) is 43.5 Å². The summed E-state index contributed by atoms with van der Waals surface area (Å²) in [4.78, 5) is 64.0. The molecule has 0 aliphatic carbocycles. The molecule has 0 radical (unpaired) electrons. The first-order chi connectivity index (χ1) is 24.0. The SMILES string of the molecule is CC(C)(O/N=C(\C(=O)N[C@@H]1C(=O)N2C(C(=O)O)=C(C[n+]3ccccc3)CS[C@H]12)c1csc(N)n1)C(=O)OC(c1ccccc1)c1ccccc1. The molecule has 256 valence electrons. The van der Waals surface area contributed by atoms with Crippen molar-refractivity contribution in [3.8, 4) is 0 Å². The summed E-state index contributed by atoms with van der Waals surface area (Å²) in [6.45, 7) is 3.19. The standard InChI is InChI=1S/C35H32N6O7S2/c1-35(2,33(46)47-28(21-12-6-3-7-13-21)22-14-8-4-9-15-22)48-39-25(24-20-50-34(36)37-24)29(42)38-26-30(43)41-27(32(44)45)23(19-49-31(26)41)18-40-16-10-5-11-17-40/h3-17,20,26,28,31H,18-19H2,1-2H3,(H3-,36,37,38,42,44,45)/p+1/b39-25-/t26-,31-/m1/s1. The third kappa shape index (κ3) is 7.23. The molecule has 4 aromatic rings. The molecule has 1 fully saturated rings. The van der Waals surface area contributed by atoms with E-state index in [-0.39, 0.29) is 28.8 Å². The highest BCUT2D eigenvalue weighted by Gasteiger charge is 2.55. The number of thioether (sulfide) groups is 1. The number of rotatable bonds is 12. The Balaban J connectivity index is 1.20. The molecule has 1 saturated heterocycles. The number of fused-ring (bicyclic) bond motifs is 1. The topological polar surface area (TPSA) is 177 Å². The van der Waals surface area contributed by atoms with E-state index in [9.17, 15) is 24.3 Å². The Hall–Kier alpha value is -5.54. The van der Waals surface area contributed by atoms with Crippen molar-refractivity contribution < 1.29 is 38.4 Å². The van der Waals surface area contributed by atoms with Gasteiger partial charge in [-0.1, -0.05) is 71.9 Å². The molecular weight excluding hydrogens is 681 g/mol. The van der Waals surface area contributed by atoms with Gasteiger partial charge in [-0.3, -0.25) is 14.5 Å². The summed E-state index contributed by atoms with van der Waals surface area (Å²) in [7, 11) is 0. The maximum absolute atomic E-state index is 13.7. The smallest absolute Gasteiger partial charge is 0.353 e. The zero-order chi connectivity index (χ0) is 35.4. The van der Waals surface area contributed by atoms with Crippen molar-refractivity contribution in [3.63, 3.8) is 0 Å². The Morgan fingerprint density at radius 1 is 1.06 bits per heavy atom. The number of nitrogens with two attached hydrogens (primary N) is 1. The summed E-state index contributed by atoms with van der Waals surface area (Å²) in [5.74, 6) is -3.06. The second-order valence-corrected chi connectivity index (χ2v) is 13.9. The Labute approximate surface area is 295 Å². The van der Waals surface area contributed by atoms with Crippen LogP contribution in [0.15, 0.2) is 113 Å². The van der Waals surface area contributed by atoms with Crippen LogP contribution < -0.4 is 15.6 Å². The lowest BCUT2D eigenvalue weighted by Crippen LogP contribution is -2.71. The highest BCUT2D eigenvalue weighted by atomic mass is 32.2. The van der Waals surface area contributed by atoms with Crippen molar-refractivity contribution in [1.29, 1.82) is 0 Å². The molecule has 4 heterocycles. The molecule has 4 N–H and O–H groups in total. The number of carboxylic acid groups (broad SMARTS) is 1. The van der Waals surface area contributed by atoms with E-state index >= 15 is 0 Å². The van der Waals surface area contributed by atoms with Gasteiger partial charge in [0.2, 0.25) is 5.60 Å². The van der Waals surface area contributed by atoms with Crippen molar-refractivity contribution in [2.75, 3.05) is 11.5 Å². The van der Waals surface area contributed by atoms with Crippen LogP contribution in [0.25, 0.3) is 0 Å². The minimum atomic E-state index is -1.68. The molecule has 2 aromatic carbocycles. The lowest BCUT2D eigenvalue weighted by Gasteiger charge is -2.49. The van der Waals surface area contributed by atoms with Gasteiger partial charge in [0, 0.05) is 28.8 Å². The van der Waals surface area contributed by atoms with E-state index in [1.807, 2.05) is 95.8 Å². The monoisotopic (exact) mass is 713 g/mol. The zero-order valence-electron chi connectivity index (χ0n) is 27.0. The number of carbonyl (C=O) groups is 4. The number of nitrogens with one attached hydrogen (secondary N) is 1. The normalized spacial score (nSPS) is 17.5. The van der Waals surface area contributed by atoms with E-state index in [1.54, 1.807) is 0 Å². The number of carboxylic acids is 1. The number of pyridine rings is 1. The number of nitrogen functional groups attached to an aromatic ring is 1. The molecule has 2 aromatic heterocycles. The van der Waals surface area contributed by atoms with E-state index in [0.29, 0.717) is 11.3 Å². The average Bonchev–Trinajstić information content (AvgIpc) is 3.55. The molecule has 0 bridgehead atoms. The summed E-state index contributed by atoms with van der Waals surface area (Å²) in [6, 6.07) is 22.9. The van der Waals surface area contributed by atoms with E-state index in [2.05, 4.69) is 15.5 Å². The molecule has 2 atom stereocenters. The third-order valence-corrected chi connectivity index (χ3v) is 9.97. The van der Waals surface area contributed by atoms with Crippen LogP contribution in [-0.4, -0.2) is 67.2 Å². The Bertz CT molecular complexity index is 1930. The fourth-order valence-electron chi connectivity index (χ4n) is 5.41. The van der Waals surface area contributed by atoms with Crippen LogP contribution in [-0.2, 0) is 35.3 Å². The first-order valence-electron chi connectivity index (χ1n) is 15.5. The van der Waals surface area contributed by atoms with Gasteiger partial charge in [-0.15, -0.1) is 23.1 Å². The van der Waals surface area contributed by atoms with E-state index in [1.165, 1.54) is 35.9 Å². The van der Waals surface area contributed by atoms with Gasteiger partial charge in [-0.05, 0) is 25.0 Å². The molecule has 2 amide bonds. The quantitative estimate of drug-likeness (QED) is 0.0649. The minimum Gasteiger partial charge on any atom is -0.477 e. The molecule has 2 aliphatic heterocycles. The van der Waals surface area contributed by atoms with Gasteiger partial charge in [0.05, 0.1) is 0 Å². The minimum absolute atomic E-state index is 0.0637. The fraction of sp³-hybridized carbons (Fsp3) is 0.229. The number of aliphatic carboxylic acids is 1. The summed E-state index contributed by atoms with van der Waals surface area (Å²) in [6.07, 6.45) is 2.88. The van der Waals surface area contributed by atoms with E-state index in [0.717, 1.165) is 22.5 Å². The van der Waals surface area contributed by atoms with Gasteiger partial charge in [-0.2, -0.15) is 0 Å². The Morgan fingerprint density at radius 2 is 1.68 bits per heavy atom. The highest BCUT2D eigenvalue weighted by Crippen LogP contribution is 2.40. The fourth-order valence-corrected chi connectivity index (χ4v) is 7.29. The summed E-state index contributed by atoms with van der Waals surface area (Å²) in [5, 5.41) is 17.8. The zero-order valence-corrected chi connectivity index (χ0v) is 28.6. The number of anilines is 1. The van der Waals surface area contributed by atoms with Crippen LogP contribution in [0, 0.1) is 0 Å². The maximum atomic E-state index is 13.7. The first-order valence-corrected chi connectivity index (χ1v) is 17.4. The molecule has 13 nitrogen and oxygen atoms in total. The highest BCUT2D eigenvalue weighted by molar-refractivity contribution is 8.00. The predicted octanol–water partition coefficient (Wildman–Crippen LogP) is 3.28. The number of β-lactam (4-membered cyclic amide) rings is 1. The number of benzene rings is 2. The maximum Gasteiger partial charge on any atom is 0.353 e. The number of nitrogens with zero attached hydrogens (tertiary/aromatic N) is 4. The molecule has 50 heavy (non-hydrogen) atoms. The van der Waals surface area contributed by atoms with Crippen LogP contribution in [0.5, 0.6) is 0 Å². The number of ether oxygens (including phenoxy) is 1. The summed E-state index contributed by atoms with van der Waals surface area (Å²) >= 11 is 2.40. The van der Waals surface area contributed by atoms with Gasteiger partial charge in [0.1, 0.15) is 22.8 Å². The average molecular weight is 714 g/mol. The number of thiazole rings is 1. The van der Waals surface area contributed by atoms with Gasteiger partial charge >= 0.3 is 11.9 Å². The van der Waals surface area contributed by atoms with Gasteiger partial charge in [-0.25, -0.2) is 19.1 Å². The number of aromatic nitrogens is 2. The van der Waals surface area contributed by atoms with E-state index < -0.39 is 46.9 Å². The lowest BCUT2D eigenvalue weighted by atomic mass is 10.0. The Kier molecular flexibility index (Phi) is 9.97. The number of carbonyl (C=O) groups excluding carboxylic acids is 3. The first kappa shape index (κ1) is 34.3. The van der Waals surface area contributed by atoms with Crippen molar-refractivity contribution >= 4 is 57.7 Å².